The van der Waals surface area contributed by atoms with Crippen LogP contribution in [0.2, 0.25) is 0 Å². The highest BCUT2D eigenvalue weighted by Gasteiger charge is 2.18. The summed E-state index contributed by atoms with van der Waals surface area (Å²) >= 11 is 0. The van der Waals surface area contributed by atoms with E-state index in [4.69, 9.17) is 4.74 Å². The van der Waals surface area contributed by atoms with Crippen molar-refractivity contribution in [1.82, 2.24) is 9.97 Å². The Morgan fingerprint density at radius 3 is 2.88 bits per heavy atom. The third kappa shape index (κ3) is 2.50. The third-order valence-corrected chi connectivity index (χ3v) is 2.58. The molecule has 1 N–H and O–H groups in total. The lowest BCUT2D eigenvalue weighted by atomic mass is 9.92. The molecule has 0 aromatic carbocycles. The molecule has 0 atom stereocenters. The van der Waals surface area contributed by atoms with Crippen LogP contribution in [0.4, 0.5) is 0 Å². The summed E-state index contributed by atoms with van der Waals surface area (Å²) in [5, 5.41) is 0. The first-order valence-corrected chi connectivity index (χ1v) is 5.64. The van der Waals surface area contributed by atoms with Crippen LogP contribution in [0.1, 0.15) is 37.9 Å². The fraction of sp³-hybridized carbons (Fsp3) is 0.667. The predicted octanol–water partition coefficient (Wildman–Crippen LogP) is 1.43. The van der Waals surface area contributed by atoms with Crippen molar-refractivity contribution in [2.24, 2.45) is 5.41 Å². The number of hydrogen-bond acceptors (Lipinski definition) is 3. The second-order valence-corrected chi connectivity index (χ2v) is 5.48. The van der Waals surface area contributed by atoms with Crippen molar-refractivity contribution in [2.75, 3.05) is 6.61 Å². The van der Waals surface area contributed by atoms with E-state index in [-0.39, 0.29) is 11.0 Å². The molecule has 1 aliphatic heterocycles. The molecule has 16 heavy (non-hydrogen) atoms. The smallest absolute Gasteiger partial charge is 0.256 e. The van der Waals surface area contributed by atoms with E-state index in [0.29, 0.717) is 18.8 Å². The number of H-pyrrole nitrogens is 1. The predicted molar refractivity (Wildman–Crippen MR) is 61.4 cm³/mol. The summed E-state index contributed by atoms with van der Waals surface area (Å²) < 4.78 is 5.26. The van der Waals surface area contributed by atoms with Crippen molar-refractivity contribution in [2.45, 2.75) is 40.2 Å². The monoisotopic (exact) mass is 222 g/mol. The summed E-state index contributed by atoms with van der Waals surface area (Å²) in [6, 6.07) is 0. The maximum absolute atomic E-state index is 11.8. The molecular formula is C12H18N2O2. The van der Waals surface area contributed by atoms with Crippen LogP contribution in [-0.2, 0) is 24.2 Å². The van der Waals surface area contributed by atoms with Gasteiger partial charge in [-0.3, -0.25) is 4.79 Å². The van der Waals surface area contributed by atoms with Crippen molar-refractivity contribution in [3.63, 3.8) is 0 Å². The van der Waals surface area contributed by atoms with Crippen LogP contribution in [-0.4, -0.2) is 16.6 Å². The minimum Gasteiger partial charge on any atom is -0.376 e. The molecule has 0 saturated heterocycles. The fourth-order valence-corrected chi connectivity index (χ4v) is 1.88. The van der Waals surface area contributed by atoms with Gasteiger partial charge >= 0.3 is 0 Å². The fourth-order valence-electron chi connectivity index (χ4n) is 1.88. The first-order valence-electron chi connectivity index (χ1n) is 5.64. The van der Waals surface area contributed by atoms with Gasteiger partial charge in [-0.1, -0.05) is 20.8 Å². The highest BCUT2D eigenvalue weighted by molar-refractivity contribution is 5.19. The molecule has 0 aliphatic carbocycles. The summed E-state index contributed by atoms with van der Waals surface area (Å²) in [7, 11) is 0. The zero-order chi connectivity index (χ0) is 11.8. The number of ether oxygens (including phenoxy) is 1. The Hall–Kier alpha value is -1.16. The van der Waals surface area contributed by atoms with E-state index in [1.807, 2.05) is 0 Å². The van der Waals surface area contributed by atoms with Crippen LogP contribution in [0.5, 0.6) is 0 Å². The number of nitrogens with one attached hydrogen (secondary N) is 1. The van der Waals surface area contributed by atoms with Gasteiger partial charge in [0.1, 0.15) is 5.82 Å². The van der Waals surface area contributed by atoms with Gasteiger partial charge in [0.25, 0.3) is 5.56 Å². The number of aromatic nitrogens is 2. The molecule has 0 spiro atoms. The van der Waals surface area contributed by atoms with Crippen LogP contribution in [0, 0.1) is 5.41 Å². The molecule has 2 heterocycles. The van der Waals surface area contributed by atoms with Crippen molar-refractivity contribution >= 4 is 0 Å². The van der Waals surface area contributed by atoms with Crippen molar-refractivity contribution in [3.05, 3.63) is 27.4 Å². The van der Waals surface area contributed by atoms with Gasteiger partial charge in [0.05, 0.1) is 24.5 Å². The highest BCUT2D eigenvalue weighted by atomic mass is 16.5. The Morgan fingerprint density at radius 2 is 2.19 bits per heavy atom. The van der Waals surface area contributed by atoms with Crippen LogP contribution < -0.4 is 5.56 Å². The van der Waals surface area contributed by atoms with E-state index >= 15 is 0 Å². The van der Waals surface area contributed by atoms with Crippen LogP contribution in [0.3, 0.4) is 0 Å². The van der Waals surface area contributed by atoms with E-state index < -0.39 is 0 Å². The highest BCUT2D eigenvalue weighted by Crippen LogP contribution is 2.19. The summed E-state index contributed by atoms with van der Waals surface area (Å²) in [5.74, 6) is 0.790. The molecule has 0 bridgehead atoms. The molecule has 0 fully saturated rings. The van der Waals surface area contributed by atoms with Gasteiger partial charge < -0.3 is 9.72 Å². The van der Waals surface area contributed by atoms with Gasteiger partial charge in [0.2, 0.25) is 0 Å². The summed E-state index contributed by atoms with van der Waals surface area (Å²) in [6.45, 7) is 7.46. The van der Waals surface area contributed by atoms with Crippen molar-refractivity contribution in [3.8, 4) is 0 Å². The number of rotatable bonds is 1. The quantitative estimate of drug-likeness (QED) is 0.782. The van der Waals surface area contributed by atoms with Gasteiger partial charge in [-0.25, -0.2) is 4.98 Å². The SMILES string of the molecule is CC(C)(C)Cc1nc2c(c(=O)[nH]1)COCC2. The zero-order valence-corrected chi connectivity index (χ0v) is 10.1. The summed E-state index contributed by atoms with van der Waals surface area (Å²) in [5.41, 5.74) is 1.71. The topological polar surface area (TPSA) is 55.0 Å². The van der Waals surface area contributed by atoms with Crippen LogP contribution >= 0.6 is 0 Å². The average molecular weight is 222 g/mol. The molecule has 4 heteroatoms. The molecule has 0 amide bonds. The lowest BCUT2D eigenvalue weighted by molar-refractivity contribution is 0.107. The number of hydrogen-bond donors (Lipinski definition) is 1. The second kappa shape index (κ2) is 4.01. The maximum atomic E-state index is 11.8. The van der Waals surface area contributed by atoms with E-state index in [0.717, 1.165) is 24.4 Å². The largest absolute Gasteiger partial charge is 0.376 e. The molecule has 0 radical (unpaired) electrons. The molecule has 1 aromatic rings. The lowest BCUT2D eigenvalue weighted by Crippen LogP contribution is -2.26. The minimum absolute atomic E-state index is 0.0380. The molecule has 1 aromatic heterocycles. The Kier molecular flexibility index (Phi) is 2.84. The molecule has 88 valence electrons. The van der Waals surface area contributed by atoms with Gasteiger partial charge in [-0.15, -0.1) is 0 Å². The summed E-state index contributed by atoms with van der Waals surface area (Å²) in [4.78, 5) is 19.2. The lowest BCUT2D eigenvalue weighted by Gasteiger charge is -2.19. The van der Waals surface area contributed by atoms with Crippen LogP contribution in [0.25, 0.3) is 0 Å². The standard InChI is InChI=1S/C12H18N2O2/c1-12(2,3)6-10-13-9-4-5-16-7-8(9)11(15)14-10/h4-7H2,1-3H3,(H,13,14,15). The van der Waals surface area contributed by atoms with E-state index in [2.05, 4.69) is 30.7 Å². The number of nitrogens with zero attached hydrogens (tertiary/aromatic N) is 1. The Balaban J connectivity index is 2.36. The van der Waals surface area contributed by atoms with E-state index in [9.17, 15) is 4.79 Å². The summed E-state index contributed by atoms with van der Waals surface area (Å²) in [6.07, 6.45) is 1.53. The van der Waals surface area contributed by atoms with Crippen molar-refractivity contribution in [1.29, 1.82) is 0 Å². The average Bonchev–Trinajstić information content (AvgIpc) is 2.15. The molecule has 2 rings (SSSR count). The number of aromatic amines is 1. The number of fused-ring (bicyclic) bond motifs is 1. The first-order chi connectivity index (χ1) is 7.46. The van der Waals surface area contributed by atoms with E-state index in [1.165, 1.54) is 0 Å². The first kappa shape index (κ1) is 11.3. The molecule has 0 unspecified atom stereocenters. The Labute approximate surface area is 95.1 Å². The minimum atomic E-state index is -0.0380. The van der Waals surface area contributed by atoms with Gasteiger partial charge in [-0.2, -0.15) is 0 Å². The van der Waals surface area contributed by atoms with Gasteiger partial charge in [-0.05, 0) is 5.41 Å². The van der Waals surface area contributed by atoms with Crippen molar-refractivity contribution < 1.29 is 4.74 Å². The van der Waals surface area contributed by atoms with E-state index in [1.54, 1.807) is 0 Å². The molecular weight excluding hydrogens is 204 g/mol. The van der Waals surface area contributed by atoms with Gasteiger partial charge in [0, 0.05) is 12.8 Å². The molecule has 4 nitrogen and oxygen atoms in total. The molecule has 0 saturated carbocycles. The second-order valence-electron chi connectivity index (χ2n) is 5.48. The van der Waals surface area contributed by atoms with Gasteiger partial charge in [0.15, 0.2) is 0 Å². The molecule has 1 aliphatic rings. The zero-order valence-electron chi connectivity index (χ0n) is 10.1. The Bertz CT molecular complexity index is 443. The van der Waals surface area contributed by atoms with Crippen LogP contribution in [0.15, 0.2) is 4.79 Å². The normalized spacial score (nSPS) is 15.9. The Morgan fingerprint density at radius 1 is 1.44 bits per heavy atom. The maximum Gasteiger partial charge on any atom is 0.256 e. The third-order valence-electron chi connectivity index (χ3n) is 2.58.